The van der Waals surface area contributed by atoms with Crippen molar-refractivity contribution in [2.75, 3.05) is 0 Å². The van der Waals surface area contributed by atoms with E-state index in [1.807, 2.05) is 69.3 Å². The largest absolute Gasteiger partial charge is 0.448 e. The minimum atomic E-state index is -1.02. The highest BCUT2D eigenvalue weighted by atomic mass is 16.5. The molecule has 0 heterocycles. The van der Waals surface area contributed by atoms with Crippen LogP contribution in [0.15, 0.2) is 66.4 Å². The average molecular weight is 423 g/mol. The van der Waals surface area contributed by atoms with E-state index in [4.69, 9.17) is 4.74 Å². The Kier molecular flexibility index (Phi) is 8.14. The maximum atomic E-state index is 13.2. The summed E-state index contributed by atoms with van der Waals surface area (Å²) in [5, 5.41) is 2.49. The van der Waals surface area contributed by atoms with Crippen molar-refractivity contribution in [1.29, 1.82) is 0 Å². The molecule has 1 atom stereocenters. The third-order valence-corrected chi connectivity index (χ3v) is 4.53. The topological polar surface area (TPSA) is 75.7 Å². The third-order valence-electron chi connectivity index (χ3n) is 4.53. The Bertz CT molecular complexity index is 931. The van der Waals surface area contributed by atoms with Crippen molar-refractivity contribution in [3.8, 4) is 0 Å². The summed E-state index contributed by atoms with van der Waals surface area (Å²) in [5.74, 6) is -1.49. The Balaban J connectivity index is 2.19. The van der Waals surface area contributed by atoms with Crippen LogP contribution >= 0.6 is 0 Å². The zero-order chi connectivity index (χ0) is 23.0. The number of esters is 1. The molecule has 2 aromatic rings. The molecule has 31 heavy (non-hydrogen) atoms. The van der Waals surface area contributed by atoms with Gasteiger partial charge in [0.2, 0.25) is 5.91 Å². The van der Waals surface area contributed by atoms with Crippen molar-refractivity contribution < 1.29 is 19.1 Å². The van der Waals surface area contributed by atoms with Crippen molar-refractivity contribution in [1.82, 2.24) is 10.2 Å². The summed E-state index contributed by atoms with van der Waals surface area (Å²) in [4.78, 5) is 39.2. The van der Waals surface area contributed by atoms with E-state index in [9.17, 15) is 14.4 Å². The highest BCUT2D eigenvalue weighted by Gasteiger charge is 2.32. The zero-order valence-electron chi connectivity index (χ0n) is 18.7. The summed E-state index contributed by atoms with van der Waals surface area (Å²) >= 11 is 0. The van der Waals surface area contributed by atoms with E-state index >= 15 is 0 Å². The second kappa shape index (κ2) is 10.6. The van der Waals surface area contributed by atoms with Crippen LogP contribution in [0.1, 0.15) is 45.7 Å². The lowest BCUT2D eigenvalue weighted by Gasteiger charge is -2.37. The van der Waals surface area contributed by atoms with Gasteiger partial charge in [0.15, 0.2) is 6.10 Å². The third kappa shape index (κ3) is 7.41. The van der Waals surface area contributed by atoms with Crippen LogP contribution < -0.4 is 5.32 Å². The Morgan fingerprint density at radius 2 is 1.55 bits per heavy atom. The molecule has 6 nitrogen and oxygen atoms in total. The molecule has 0 unspecified atom stereocenters. The molecule has 2 aromatic carbocycles. The number of rotatable bonds is 7. The molecule has 0 radical (unpaired) electrons. The van der Waals surface area contributed by atoms with E-state index < -0.39 is 23.5 Å². The second-order valence-electron chi connectivity index (χ2n) is 8.28. The molecule has 6 heteroatoms. The molecule has 0 aliphatic heterocycles. The van der Waals surface area contributed by atoms with Crippen LogP contribution in [-0.4, -0.2) is 34.3 Å². The van der Waals surface area contributed by atoms with Gasteiger partial charge in [0.05, 0.1) is 0 Å². The van der Waals surface area contributed by atoms with Crippen molar-refractivity contribution in [3.05, 3.63) is 77.5 Å². The lowest BCUT2D eigenvalue weighted by atomic mass is 10.0. The van der Waals surface area contributed by atoms with Gasteiger partial charge >= 0.3 is 5.97 Å². The zero-order valence-corrected chi connectivity index (χ0v) is 18.7. The van der Waals surface area contributed by atoms with Crippen molar-refractivity contribution in [2.45, 2.75) is 52.8 Å². The number of amides is 2. The lowest BCUT2D eigenvalue weighted by molar-refractivity contribution is -0.159. The fourth-order valence-electron chi connectivity index (χ4n) is 2.96. The molecule has 0 aliphatic rings. The molecule has 164 valence electrons. The van der Waals surface area contributed by atoms with Gasteiger partial charge in [-0.1, -0.05) is 60.7 Å². The summed E-state index contributed by atoms with van der Waals surface area (Å²) in [6.45, 7) is 9.03. The fourth-order valence-corrected chi connectivity index (χ4v) is 2.96. The highest BCUT2D eigenvalue weighted by Crippen LogP contribution is 2.20. The first-order valence-electron chi connectivity index (χ1n) is 10.2. The molecule has 0 bridgehead atoms. The Labute approximate surface area is 183 Å². The first-order chi connectivity index (χ1) is 14.6. The van der Waals surface area contributed by atoms with E-state index in [1.54, 1.807) is 17.0 Å². The fraction of sp³-hybridized carbons (Fsp3) is 0.320. The summed E-state index contributed by atoms with van der Waals surface area (Å²) in [6.07, 6.45) is 0.496. The van der Waals surface area contributed by atoms with E-state index in [1.165, 1.54) is 19.9 Å². The minimum Gasteiger partial charge on any atom is -0.448 e. The van der Waals surface area contributed by atoms with E-state index in [2.05, 4.69) is 5.32 Å². The molecule has 2 amide bonds. The first-order valence-corrected chi connectivity index (χ1v) is 10.2. The predicted molar refractivity (Wildman–Crippen MR) is 121 cm³/mol. The van der Waals surface area contributed by atoms with E-state index in [-0.39, 0.29) is 11.6 Å². The number of nitrogens with zero attached hydrogens (tertiary/aromatic N) is 1. The normalized spacial score (nSPS) is 12.6. The van der Waals surface area contributed by atoms with Crippen molar-refractivity contribution in [3.63, 3.8) is 0 Å². The minimum absolute atomic E-state index is 0.0243. The summed E-state index contributed by atoms with van der Waals surface area (Å²) in [7, 11) is 0. The molecule has 2 rings (SSSR count). The average Bonchev–Trinajstić information content (AvgIpc) is 2.71. The Morgan fingerprint density at radius 1 is 1.00 bits per heavy atom. The molecule has 1 N–H and O–H groups in total. The van der Waals surface area contributed by atoms with Gasteiger partial charge in [-0.3, -0.25) is 9.59 Å². The van der Waals surface area contributed by atoms with Gasteiger partial charge in [0.25, 0.3) is 5.91 Å². The van der Waals surface area contributed by atoms with Crippen LogP contribution in [0.4, 0.5) is 0 Å². The number of hydrogen-bond donors (Lipinski definition) is 1. The van der Waals surface area contributed by atoms with Gasteiger partial charge in [-0.15, -0.1) is 0 Å². The summed E-state index contributed by atoms with van der Waals surface area (Å²) in [5.41, 5.74) is 1.20. The van der Waals surface area contributed by atoms with Gasteiger partial charge in [-0.25, -0.2) is 4.79 Å². The molecule has 0 aliphatic carbocycles. The number of carbonyl (C=O) groups is 3. The Morgan fingerprint density at radius 3 is 2.06 bits per heavy atom. The summed E-state index contributed by atoms with van der Waals surface area (Å²) < 4.78 is 5.45. The number of benzene rings is 2. The van der Waals surface area contributed by atoms with E-state index in [0.29, 0.717) is 6.54 Å². The van der Waals surface area contributed by atoms with Crippen LogP contribution in [0.5, 0.6) is 0 Å². The molecular weight excluding hydrogens is 392 g/mol. The van der Waals surface area contributed by atoms with Gasteiger partial charge in [0.1, 0.15) is 5.70 Å². The molecule has 0 spiro atoms. The van der Waals surface area contributed by atoms with Crippen LogP contribution in [0, 0.1) is 0 Å². The van der Waals surface area contributed by atoms with Gasteiger partial charge in [-0.05, 0) is 44.9 Å². The predicted octanol–water partition coefficient (Wildman–Crippen LogP) is 3.92. The summed E-state index contributed by atoms with van der Waals surface area (Å²) in [6, 6.07) is 18.7. The second-order valence-corrected chi connectivity index (χ2v) is 8.28. The molecular formula is C25H30N2O4. The Hall–Kier alpha value is -3.41. The van der Waals surface area contributed by atoms with Gasteiger partial charge in [-0.2, -0.15) is 0 Å². The standard InChI is InChI=1S/C25H30N2O4/c1-18(23(29)27(25(3,4)5)17-21-14-10-7-11-15-21)31-24(30)22(26-19(2)28)16-20-12-8-6-9-13-20/h6-16,18H,17H2,1-5H3,(H,26,28)/b22-16-/t18-/m0/s1. The maximum absolute atomic E-state index is 13.2. The molecule has 0 aromatic heterocycles. The van der Waals surface area contributed by atoms with E-state index in [0.717, 1.165) is 11.1 Å². The molecule has 0 fully saturated rings. The van der Waals surface area contributed by atoms with Gasteiger partial charge < -0.3 is 15.0 Å². The number of carbonyl (C=O) groups excluding carboxylic acids is 3. The van der Waals surface area contributed by atoms with Crippen molar-refractivity contribution in [2.24, 2.45) is 0 Å². The monoisotopic (exact) mass is 422 g/mol. The molecule has 0 saturated heterocycles. The number of nitrogens with one attached hydrogen (secondary N) is 1. The van der Waals surface area contributed by atoms with Gasteiger partial charge in [0, 0.05) is 19.0 Å². The first kappa shape index (κ1) is 23.9. The number of ether oxygens (including phenoxy) is 1. The highest BCUT2D eigenvalue weighted by molar-refractivity contribution is 5.98. The van der Waals surface area contributed by atoms with Crippen LogP contribution in [-0.2, 0) is 25.7 Å². The quantitative estimate of drug-likeness (QED) is 0.542. The SMILES string of the molecule is CC(=O)N/C(=C\c1ccccc1)C(=O)O[C@@H](C)C(=O)N(Cc1ccccc1)C(C)(C)C. The smallest absolute Gasteiger partial charge is 0.355 e. The molecule has 0 saturated carbocycles. The van der Waals surface area contributed by atoms with Crippen molar-refractivity contribution >= 4 is 23.9 Å². The maximum Gasteiger partial charge on any atom is 0.355 e. The number of hydrogen-bond acceptors (Lipinski definition) is 4. The van der Waals surface area contributed by atoms with Crippen LogP contribution in [0.25, 0.3) is 6.08 Å². The van der Waals surface area contributed by atoms with Crippen LogP contribution in [0.2, 0.25) is 0 Å². The van der Waals surface area contributed by atoms with Crippen LogP contribution in [0.3, 0.4) is 0 Å². The lowest BCUT2D eigenvalue weighted by Crippen LogP contribution is -2.49.